The van der Waals surface area contributed by atoms with Crippen molar-refractivity contribution in [3.8, 4) is 0 Å². The summed E-state index contributed by atoms with van der Waals surface area (Å²) in [6, 6.07) is 0. The molecule has 2 heteroatoms. The molecular weight excluding hydrogens is 210 g/mol. The zero-order valence-corrected chi connectivity index (χ0v) is 13.2. The van der Waals surface area contributed by atoms with E-state index in [2.05, 4.69) is 53.8 Å². The summed E-state index contributed by atoms with van der Waals surface area (Å²) in [4.78, 5) is 0. The van der Waals surface area contributed by atoms with Gasteiger partial charge in [-0.25, -0.2) is 0 Å². The molecule has 0 radical (unpaired) electrons. The first kappa shape index (κ1) is 16.9. The maximum Gasteiger partial charge on any atom is 0.0623 e. The van der Waals surface area contributed by atoms with Gasteiger partial charge < -0.3 is 10.1 Å². The molecule has 17 heavy (non-hydrogen) atoms. The molecule has 0 rings (SSSR count). The highest BCUT2D eigenvalue weighted by molar-refractivity contribution is 4.83. The second-order valence-corrected chi connectivity index (χ2v) is 7.23. The number of nitrogens with one attached hydrogen (secondary N) is 1. The SMILES string of the molecule is CCC(C)(CCC(C)(C)OC)CNC(C)(C)C. The first-order valence-electron chi connectivity index (χ1n) is 6.84. The van der Waals surface area contributed by atoms with Gasteiger partial charge in [0.1, 0.15) is 0 Å². The van der Waals surface area contributed by atoms with Crippen LogP contribution in [0, 0.1) is 5.41 Å². The molecule has 0 heterocycles. The number of rotatable bonds is 7. The van der Waals surface area contributed by atoms with Crippen LogP contribution in [0.4, 0.5) is 0 Å². The lowest BCUT2D eigenvalue weighted by molar-refractivity contribution is 0.00392. The lowest BCUT2D eigenvalue weighted by Crippen LogP contribution is -2.43. The molecule has 1 atom stereocenters. The molecule has 1 unspecified atom stereocenters. The first-order chi connectivity index (χ1) is 7.54. The van der Waals surface area contributed by atoms with E-state index >= 15 is 0 Å². The molecule has 104 valence electrons. The summed E-state index contributed by atoms with van der Waals surface area (Å²) >= 11 is 0. The monoisotopic (exact) mass is 243 g/mol. The fourth-order valence-electron chi connectivity index (χ4n) is 1.57. The molecule has 0 amide bonds. The minimum atomic E-state index is -0.00182. The van der Waals surface area contributed by atoms with E-state index in [1.807, 2.05) is 0 Å². The third-order valence-electron chi connectivity index (χ3n) is 3.78. The van der Waals surface area contributed by atoms with Gasteiger partial charge in [-0.05, 0) is 59.3 Å². The highest BCUT2D eigenvalue weighted by Crippen LogP contribution is 2.31. The number of ether oxygens (including phenoxy) is 1. The average Bonchev–Trinajstić information content (AvgIpc) is 2.23. The fourth-order valence-corrected chi connectivity index (χ4v) is 1.57. The van der Waals surface area contributed by atoms with Crippen LogP contribution < -0.4 is 5.32 Å². The van der Waals surface area contributed by atoms with Crippen LogP contribution in [0.5, 0.6) is 0 Å². The summed E-state index contributed by atoms with van der Waals surface area (Å²) in [6.45, 7) is 16.7. The Morgan fingerprint density at radius 2 is 1.47 bits per heavy atom. The number of hydrogen-bond acceptors (Lipinski definition) is 2. The normalized spacial score (nSPS) is 16.9. The van der Waals surface area contributed by atoms with Crippen LogP contribution in [-0.4, -0.2) is 24.8 Å². The average molecular weight is 243 g/mol. The van der Waals surface area contributed by atoms with Crippen LogP contribution in [0.1, 0.15) is 67.7 Å². The van der Waals surface area contributed by atoms with Crippen LogP contribution in [0.25, 0.3) is 0 Å². The Labute approximate surface area is 109 Å². The Morgan fingerprint density at radius 1 is 0.941 bits per heavy atom. The van der Waals surface area contributed by atoms with Gasteiger partial charge >= 0.3 is 0 Å². The van der Waals surface area contributed by atoms with Crippen molar-refractivity contribution in [3.05, 3.63) is 0 Å². The van der Waals surface area contributed by atoms with Gasteiger partial charge in [-0.15, -0.1) is 0 Å². The molecule has 0 saturated heterocycles. The van der Waals surface area contributed by atoms with Crippen LogP contribution in [0.2, 0.25) is 0 Å². The summed E-state index contributed by atoms with van der Waals surface area (Å²) in [5, 5.41) is 3.63. The highest BCUT2D eigenvalue weighted by atomic mass is 16.5. The predicted molar refractivity (Wildman–Crippen MR) is 76.5 cm³/mol. The molecule has 0 aromatic carbocycles. The summed E-state index contributed by atoms with van der Waals surface area (Å²) in [7, 11) is 1.80. The fraction of sp³-hybridized carbons (Fsp3) is 1.00. The lowest BCUT2D eigenvalue weighted by Gasteiger charge is -2.35. The van der Waals surface area contributed by atoms with Gasteiger partial charge in [0.15, 0.2) is 0 Å². The van der Waals surface area contributed by atoms with Crippen LogP contribution >= 0.6 is 0 Å². The summed E-state index contributed by atoms with van der Waals surface area (Å²) in [5.41, 5.74) is 0.564. The van der Waals surface area contributed by atoms with Crippen LogP contribution in [0.3, 0.4) is 0 Å². The van der Waals surface area contributed by atoms with Crippen LogP contribution in [0.15, 0.2) is 0 Å². The lowest BCUT2D eigenvalue weighted by atomic mass is 9.79. The van der Waals surface area contributed by atoms with Crippen molar-refractivity contribution in [2.75, 3.05) is 13.7 Å². The quantitative estimate of drug-likeness (QED) is 0.730. The van der Waals surface area contributed by atoms with E-state index < -0.39 is 0 Å². The Bertz CT molecular complexity index is 217. The van der Waals surface area contributed by atoms with E-state index in [0.717, 1.165) is 13.0 Å². The van der Waals surface area contributed by atoms with Crippen molar-refractivity contribution in [3.63, 3.8) is 0 Å². The van der Waals surface area contributed by atoms with Gasteiger partial charge in [-0.2, -0.15) is 0 Å². The smallest absolute Gasteiger partial charge is 0.0623 e. The molecule has 0 aliphatic rings. The van der Waals surface area contributed by atoms with Gasteiger partial charge in [0.25, 0.3) is 0 Å². The van der Waals surface area contributed by atoms with E-state index in [-0.39, 0.29) is 11.1 Å². The number of methoxy groups -OCH3 is 1. The van der Waals surface area contributed by atoms with Gasteiger partial charge in [-0.1, -0.05) is 13.8 Å². The molecule has 0 aromatic rings. The standard InChI is InChI=1S/C15H33NO/c1-9-15(7,12-16-13(2,3)4)11-10-14(5,6)17-8/h16H,9-12H2,1-8H3. The van der Waals surface area contributed by atoms with Gasteiger partial charge in [0, 0.05) is 19.2 Å². The molecule has 0 fully saturated rings. The Morgan fingerprint density at radius 3 is 1.82 bits per heavy atom. The Kier molecular flexibility index (Phi) is 6.16. The van der Waals surface area contributed by atoms with Crippen molar-refractivity contribution >= 4 is 0 Å². The van der Waals surface area contributed by atoms with E-state index in [1.54, 1.807) is 7.11 Å². The second-order valence-electron chi connectivity index (χ2n) is 7.23. The van der Waals surface area contributed by atoms with E-state index in [4.69, 9.17) is 4.74 Å². The van der Waals surface area contributed by atoms with Gasteiger partial charge in [0.2, 0.25) is 0 Å². The van der Waals surface area contributed by atoms with E-state index in [0.29, 0.717) is 5.41 Å². The zero-order chi connectivity index (χ0) is 13.7. The maximum absolute atomic E-state index is 5.50. The highest BCUT2D eigenvalue weighted by Gasteiger charge is 2.27. The molecule has 0 bridgehead atoms. The Hall–Kier alpha value is -0.0800. The molecule has 2 nitrogen and oxygen atoms in total. The topological polar surface area (TPSA) is 21.3 Å². The first-order valence-corrected chi connectivity index (χ1v) is 6.84. The largest absolute Gasteiger partial charge is 0.379 e. The molecule has 0 spiro atoms. The predicted octanol–water partition coefficient (Wildman–Crippen LogP) is 4.00. The minimum Gasteiger partial charge on any atom is -0.379 e. The van der Waals surface area contributed by atoms with E-state index in [1.165, 1.54) is 12.8 Å². The molecular formula is C15H33NO. The van der Waals surface area contributed by atoms with Crippen molar-refractivity contribution in [2.24, 2.45) is 5.41 Å². The molecule has 1 N–H and O–H groups in total. The summed E-state index contributed by atoms with van der Waals surface area (Å²) in [6.07, 6.45) is 3.52. The Balaban J connectivity index is 4.28. The third kappa shape index (κ3) is 7.77. The summed E-state index contributed by atoms with van der Waals surface area (Å²) in [5.74, 6) is 0. The third-order valence-corrected chi connectivity index (χ3v) is 3.78. The van der Waals surface area contributed by atoms with Crippen molar-refractivity contribution < 1.29 is 4.74 Å². The molecule has 0 aliphatic carbocycles. The van der Waals surface area contributed by atoms with Gasteiger partial charge in [0.05, 0.1) is 5.60 Å². The van der Waals surface area contributed by atoms with E-state index in [9.17, 15) is 0 Å². The number of hydrogen-bond donors (Lipinski definition) is 1. The van der Waals surface area contributed by atoms with Crippen molar-refractivity contribution in [2.45, 2.75) is 78.9 Å². The summed E-state index contributed by atoms with van der Waals surface area (Å²) < 4.78 is 5.50. The van der Waals surface area contributed by atoms with Crippen LogP contribution in [-0.2, 0) is 4.74 Å². The molecule has 0 saturated carbocycles. The van der Waals surface area contributed by atoms with Crippen molar-refractivity contribution in [1.29, 1.82) is 0 Å². The minimum absolute atomic E-state index is 0.00182. The molecule has 0 aromatic heterocycles. The maximum atomic E-state index is 5.50. The van der Waals surface area contributed by atoms with Gasteiger partial charge in [-0.3, -0.25) is 0 Å². The molecule has 0 aliphatic heterocycles. The zero-order valence-electron chi connectivity index (χ0n) is 13.2. The van der Waals surface area contributed by atoms with Crippen molar-refractivity contribution in [1.82, 2.24) is 5.32 Å². The second kappa shape index (κ2) is 6.19.